The molecule has 0 aliphatic heterocycles. The average Bonchev–Trinajstić information content (AvgIpc) is 1.36. The summed E-state index contributed by atoms with van der Waals surface area (Å²) in [7, 11) is -2.53. The number of rotatable bonds is 1. The number of halogens is 1. The average molecular weight is 134 g/mol. The van der Waals surface area contributed by atoms with E-state index in [1.807, 2.05) is 0 Å². The van der Waals surface area contributed by atoms with Crippen LogP contribution < -0.4 is 29.6 Å². The van der Waals surface area contributed by atoms with Crippen molar-refractivity contribution in [3.05, 3.63) is 0 Å². The van der Waals surface area contributed by atoms with E-state index >= 15 is 0 Å². The molecule has 7 heavy (non-hydrogen) atoms. The van der Waals surface area contributed by atoms with E-state index in [2.05, 4.69) is 0 Å². The Kier molecular flexibility index (Phi) is 7.74. The van der Waals surface area contributed by atoms with Gasteiger partial charge in [-0.2, -0.15) is 0 Å². The van der Waals surface area contributed by atoms with Crippen LogP contribution in [0.3, 0.4) is 0 Å². The van der Waals surface area contributed by atoms with E-state index in [9.17, 15) is 12.8 Å². The van der Waals surface area contributed by atoms with Crippen LogP contribution in [0.25, 0.3) is 0 Å². The van der Waals surface area contributed by atoms with Gasteiger partial charge < -0.3 is 8.42 Å². The van der Waals surface area contributed by atoms with Crippen molar-refractivity contribution < 1.29 is 42.4 Å². The van der Waals surface area contributed by atoms with Crippen LogP contribution >= 0.6 is 0 Å². The van der Waals surface area contributed by atoms with E-state index < -0.39 is 16.2 Å². The minimum atomic E-state index is -2.53. The van der Waals surface area contributed by atoms with Gasteiger partial charge in [0, 0.05) is 0 Å². The Morgan fingerprint density at radius 1 is 1.57 bits per heavy atom. The summed E-state index contributed by atoms with van der Waals surface area (Å²) in [4.78, 5) is 0. The fourth-order valence-corrected chi connectivity index (χ4v) is 0. The van der Waals surface area contributed by atoms with E-state index in [4.69, 9.17) is 0 Å². The Balaban J connectivity index is 0. The molecule has 0 radical (unpaired) electrons. The SMILES string of the molecule is CC(F)[S-](=O)=O.[Na+]. The smallest absolute Gasteiger partial charge is 0.421 e. The summed E-state index contributed by atoms with van der Waals surface area (Å²) in [6.07, 6.45) is 0. The molecule has 0 saturated heterocycles. The van der Waals surface area contributed by atoms with Crippen LogP contribution in [0.2, 0.25) is 0 Å². The molecule has 0 saturated carbocycles. The van der Waals surface area contributed by atoms with Gasteiger partial charge >= 0.3 is 29.6 Å². The molecule has 2 nitrogen and oxygen atoms in total. The first-order valence-electron chi connectivity index (χ1n) is 1.36. The van der Waals surface area contributed by atoms with Gasteiger partial charge in [-0.05, 0) is 17.6 Å². The molecule has 0 spiro atoms. The molecule has 0 amide bonds. The second kappa shape index (κ2) is 5.03. The van der Waals surface area contributed by atoms with Crippen molar-refractivity contribution in [3.8, 4) is 0 Å². The van der Waals surface area contributed by atoms with Crippen LogP contribution in [-0.4, -0.2) is 5.50 Å². The minimum absolute atomic E-state index is 0. The molecule has 0 aromatic carbocycles. The van der Waals surface area contributed by atoms with Gasteiger partial charge in [0.2, 0.25) is 0 Å². The summed E-state index contributed by atoms with van der Waals surface area (Å²) in [6.45, 7) is 0.961. The Labute approximate surface area is 65.3 Å². The van der Waals surface area contributed by atoms with Gasteiger partial charge in [0.25, 0.3) is 0 Å². The largest absolute Gasteiger partial charge is 1.00 e. The zero-order chi connectivity index (χ0) is 5.15. The third kappa shape index (κ3) is 6.88. The van der Waals surface area contributed by atoms with E-state index in [1.165, 1.54) is 0 Å². The molecule has 0 aliphatic carbocycles. The first kappa shape index (κ1) is 10.8. The van der Waals surface area contributed by atoms with Crippen LogP contribution in [0, 0.1) is 0 Å². The topological polar surface area (TPSA) is 34.1 Å². The van der Waals surface area contributed by atoms with Gasteiger partial charge in [0.15, 0.2) is 0 Å². The number of alkyl halides is 1. The van der Waals surface area contributed by atoms with E-state index in [-0.39, 0.29) is 29.6 Å². The van der Waals surface area contributed by atoms with Crippen LogP contribution in [-0.2, 0) is 19.1 Å². The van der Waals surface area contributed by atoms with E-state index in [0.29, 0.717) is 0 Å². The molecule has 0 aliphatic rings. The third-order valence-electron chi connectivity index (χ3n) is 0.265. The Morgan fingerprint density at radius 3 is 1.71 bits per heavy atom. The van der Waals surface area contributed by atoms with E-state index in [0.717, 1.165) is 6.92 Å². The molecule has 1 atom stereocenters. The Hall–Kier alpha value is 0.880. The standard InChI is InChI=1S/C2H4FO2S.Na/c1-2(3)6(4)5;/h2H,1H3;/q-1;+1. The zero-order valence-corrected chi connectivity index (χ0v) is 7.00. The van der Waals surface area contributed by atoms with Gasteiger partial charge in [-0.1, -0.05) is 0 Å². The monoisotopic (exact) mass is 134 g/mol. The van der Waals surface area contributed by atoms with Crippen LogP contribution in [0.4, 0.5) is 4.39 Å². The van der Waals surface area contributed by atoms with Crippen molar-refractivity contribution in [2.75, 3.05) is 0 Å². The second-order valence-electron chi connectivity index (χ2n) is 0.803. The van der Waals surface area contributed by atoms with E-state index in [1.54, 1.807) is 0 Å². The van der Waals surface area contributed by atoms with Crippen molar-refractivity contribution in [1.82, 2.24) is 0 Å². The summed E-state index contributed by atoms with van der Waals surface area (Å²) in [6, 6.07) is 0. The maximum absolute atomic E-state index is 11.2. The van der Waals surface area contributed by atoms with Gasteiger partial charge in [-0.15, -0.1) is 0 Å². The molecule has 5 heteroatoms. The van der Waals surface area contributed by atoms with Gasteiger partial charge in [-0.25, -0.2) is 0 Å². The molecule has 0 N–H and O–H groups in total. The molecule has 0 rings (SSSR count). The Morgan fingerprint density at radius 2 is 1.71 bits per heavy atom. The molecule has 1 unspecified atom stereocenters. The molecule has 0 fully saturated rings. The minimum Gasteiger partial charge on any atom is -0.421 e. The number of hydrogen-bond acceptors (Lipinski definition) is 3. The third-order valence-corrected chi connectivity index (χ3v) is 0.796. The van der Waals surface area contributed by atoms with Crippen molar-refractivity contribution in [2.24, 2.45) is 0 Å². The van der Waals surface area contributed by atoms with Crippen LogP contribution in [0.1, 0.15) is 6.92 Å². The van der Waals surface area contributed by atoms with Crippen molar-refractivity contribution >= 4 is 10.7 Å². The van der Waals surface area contributed by atoms with Gasteiger partial charge in [0.1, 0.15) is 0 Å². The van der Waals surface area contributed by atoms with Crippen LogP contribution in [0.15, 0.2) is 0 Å². The molecule has 38 valence electrons. The predicted octanol–water partition coefficient (Wildman–Crippen LogP) is -2.38. The predicted molar refractivity (Wildman–Crippen MR) is 19.3 cm³/mol. The second-order valence-corrected chi connectivity index (χ2v) is 1.97. The molecule has 0 heterocycles. The summed E-state index contributed by atoms with van der Waals surface area (Å²) in [5, 5.41) is 0. The summed E-state index contributed by atoms with van der Waals surface area (Å²) < 4.78 is 29.9. The first-order chi connectivity index (χ1) is 2.64. The molecule has 0 aromatic rings. The maximum atomic E-state index is 11.2. The first-order valence-corrected chi connectivity index (χ1v) is 2.50. The maximum Gasteiger partial charge on any atom is 1.00 e. The van der Waals surface area contributed by atoms with Crippen LogP contribution in [0.5, 0.6) is 0 Å². The molecular formula is C2H4FNaO2S. The summed E-state index contributed by atoms with van der Waals surface area (Å²) in [5.41, 5.74) is -1.73. The molecule has 0 aromatic heterocycles. The van der Waals surface area contributed by atoms with Crippen molar-refractivity contribution in [3.63, 3.8) is 0 Å². The summed E-state index contributed by atoms with van der Waals surface area (Å²) in [5.74, 6) is 0. The van der Waals surface area contributed by atoms with Gasteiger partial charge in [0.05, 0.1) is 5.50 Å². The summed E-state index contributed by atoms with van der Waals surface area (Å²) >= 11 is 0. The zero-order valence-electron chi connectivity index (χ0n) is 4.18. The number of hydrogen-bond donors (Lipinski definition) is 0. The van der Waals surface area contributed by atoms with Gasteiger partial charge in [-0.3, -0.25) is 4.39 Å². The normalized spacial score (nSPS) is 13.0. The van der Waals surface area contributed by atoms with Crippen molar-refractivity contribution in [2.45, 2.75) is 12.4 Å². The fraction of sp³-hybridized carbons (Fsp3) is 1.00. The molecule has 0 bridgehead atoms. The fourth-order valence-electron chi connectivity index (χ4n) is 0. The Bertz CT molecular complexity index is 91.9. The quantitative estimate of drug-likeness (QED) is 0.296. The van der Waals surface area contributed by atoms with Crippen molar-refractivity contribution in [1.29, 1.82) is 0 Å². The molecular weight excluding hydrogens is 130 g/mol.